The first-order valence-corrected chi connectivity index (χ1v) is 13.6. The van der Waals surface area contributed by atoms with Crippen molar-refractivity contribution in [2.75, 3.05) is 32.8 Å². The maximum atomic E-state index is 13.5. The van der Waals surface area contributed by atoms with Gasteiger partial charge in [-0.3, -0.25) is 4.79 Å². The minimum absolute atomic E-state index is 0.0268. The Balaban J connectivity index is 1.25. The van der Waals surface area contributed by atoms with Gasteiger partial charge in [-0.05, 0) is 62.4 Å². The van der Waals surface area contributed by atoms with E-state index in [0.29, 0.717) is 44.0 Å². The number of piperidine rings is 1. The smallest absolute Gasteiger partial charge is 0.243 e. The zero-order chi connectivity index (χ0) is 23.7. The van der Waals surface area contributed by atoms with E-state index in [1.165, 1.54) is 4.31 Å². The molecular formula is C26H32N2O5S. The number of rotatable bonds is 4. The van der Waals surface area contributed by atoms with Gasteiger partial charge in [0.2, 0.25) is 15.9 Å². The largest absolute Gasteiger partial charge is 0.490 e. The van der Waals surface area contributed by atoms with E-state index < -0.39 is 10.0 Å². The Bertz CT molecular complexity index is 1140. The fraction of sp³-hybridized carbons (Fsp3) is 0.500. The van der Waals surface area contributed by atoms with E-state index in [1.807, 2.05) is 42.2 Å². The first-order valence-electron chi connectivity index (χ1n) is 12.2. The van der Waals surface area contributed by atoms with Crippen molar-refractivity contribution in [2.24, 2.45) is 5.92 Å². The zero-order valence-electron chi connectivity index (χ0n) is 19.6. The third-order valence-electron chi connectivity index (χ3n) is 7.15. The highest BCUT2D eigenvalue weighted by Crippen LogP contribution is 2.39. The number of fused-ring (bicyclic) bond motifs is 1. The molecule has 7 nitrogen and oxygen atoms in total. The Morgan fingerprint density at radius 2 is 1.59 bits per heavy atom. The average molecular weight is 485 g/mol. The van der Waals surface area contributed by atoms with Gasteiger partial charge in [0.05, 0.1) is 24.2 Å². The number of aryl methyl sites for hydroxylation is 1. The van der Waals surface area contributed by atoms with Crippen LogP contribution < -0.4 is 9.47 Å². The van der Waals surface area contributed by atoms with E-state index in [9.17, 15) is 13.2 Å². The van der Waals surface area contributed by atoms with Crippen LogP contribution in [0.25, 0.3) is 0 Å². The highest BCUT2D eigenvalue weighted by molar-refractivity contribution is 7.89. The van der Waals surface area contributed by atoms with Gasteiger partial charge < -0.3 is 14.4 Å². The highest BCUT2D eigenvalue weighted by Gasteiger charge is 2.38. The summed E-state index contributed by atoms with van der Waals surface area (Å²) in [4.78, 5) is 15.8. The Morgan fingerprint density at radius 3 is 2.32 bits per heavy atom. The number of likely N-dealkylation sites (tertiary alicyclic amines) is 1. The zero-order valence-corrected chi connectivity index (χ0v) is 20.4. The second kappa shape index (κ2) is 9.58. The molecule has 2 saturated heterocycles. The van der Waals surface area contributed by atoms with Crippen LogP contribution in [0.1, 0.15) is 49.3 Å². The fourth-order valence-corrected chi connectivity index (χ4v) is 6.67. The molecule has 3 aliphatic rings. The van der Waals surface area contributed by atoms with Crippen molar-refractivity contribution < 1.29 is 22.7 Å². The molecular weight excluding hydrogens is 452 g/mol. The van der Waals surface area contributed by atoms with E-state index in [4.69, 9.17) is 9.47 Å². The average Bonchev–Trinajstić information content (AvgIpc) is 3.22. The monoisotopic (exact) mass is 484 g/mol. The Labute approximate surface area is 201 Å². The number of amides is 1. The van der Waals surface area contributed by atoms with Crippen LogP contribution in [0.15, 0.2) is 47.4 Å². The number of carbonyl (C=O) groups is 1. The third kappa shape index (κ3) is 4.53. The van der Waals surface area contributed by atoms with Crippen LogP contribution in [0.3, 0.4) is 0 Å². The summed E-state index contributed by atoms with van der Waals surface area (Å²) < 4.78 is 39.2. The first kappa shape index (κ1) is 23.2. The van der Waals surface area contributed by atoms with Crippen LogP contribution >= 0.6 is 0 Å². The summed E-state index contributed by atoms with van der Waals surface area (Å²) in [5, 5.41) is 0. The Kier molecular flexibility index (Phi) is 6.53. The number of ether oxygens (including phenoxy) is 2. The van der Waals surface area contributed by atoms with Gasteiger partial charge in [0.25, 0.3) is 0 Å². The number of hydrogen-bond donors (Lipinski definition) is 0. The lowest BCUT2D eigenvalue weighted by atomic mass is 9.95. The maximum Gasteiger partial charge on any atom is 0.243 e. The summed E-state index contributed by atoms with van der Waals surface area (Å²) >= 11 is 0. The normalized spacial score (nSPS) is 21.9. The van der Waals surface area contributed by atoms with Crippen LogP contribution in [0, 0.1) is 12.8 Å². The molecule has 2 fully saturated rings. The lowest BCUT2D eigenvalue weighted by molar-refractivity contribution is -0.137. The van der Waals surface area contributed by atoms with E-state index in [0.717, 1.165) is 48.4 Å². The van der Waals surface area contributed by atoms with Crippen LogP contribution in [0.4, 0.5) is 0 Å². The molecule has 3 heterocycles. The minimum atomic E-state index is -3.53. The van der Waals surface area contributed by atoms with Gasteiger partial charge in [-0.2, -0.15) is 4.31 Å². The van der Waals surface area contributed by atoms with Crippen molar-refractivity contribution in [2.45, 2.75) is 50.0 Å². The van der Waals surface area contributed by atoms with Gasteiger partial charge in [0.15, 0.2) is 11.5 Å². The molecule has 1 atom stereocenters. The van der Waals surface area contributed by atoms with E-state index in [1.54, 1.807) is 12.1 Å². The van der Waals surface area contributed by atoms with Crippen LogP contribution in [-0.4, -0.2) is 56.4 Å². The van der Waals surface area contributed by atoms with Gasteiger partial charge >= 0.3 is 0 Å². The molecule has 0 bridgehead atoms. The molecule has 8 heteroatoms. The quantitative estimate of drug-likeness (QED) is 0.658. The molecule has 0 unspecified atom stereocenters. The molecule has 0 saturated carbocycles. The molecule has 3 aliphatic heterocycles. The Hall–Kier alpha value is -2.58. The summed E-state index contributed by atoms with van der Waals surface area (Å²) in [6, 6.07) is 13.0. The van der Waals surface area contributed by atoms with Crippen molar-refractivity contribution >= 4 is 15.9 Å². The van der Waals surface area contributed by atoms with Crippen molar-refractivity contribution in [3.63, 3.8) is 0 Å². The van der Waals surface area contributed by atoms with E-state index >= 15 is 0 Å². The second-order valence-corrected chi connectivity index (χ2v) is 11.4. The molecule has 1 amide bonds. The van der Waals surface area contributed by atoms with Crippen molar-refractivity contribution in [3.8, 4) is 11.5 Å². The number of nitrogens with zero attached hydrogens (tertiary/aromatic N) is 2. The SMILES string of the molecule is Cc1ccc(S(=O)(=O)N2CCC(C(=O)N3CCC[C@@H]3c3ccc4c(c3)OCCCO4)CC2)cc1. The Morgan fingerprint density at radius 1 is 0.882 bits per heavy atom. The number of benzene rings is 2. The maximum absolute atomic E-state index is 13.5. The van der Waals surface area contributed by atoms with E-state index in [-0.39, 0.29) is 17.9 Å². The molecule has 0 N–H and O–H groups in total. The summed E-state index contributed by atoms with van der Waals surface area (Å²) in [7, 11) is -3.53. The van der Waals surface area contributed by atoms with Crippen LogP contribution in [0.2, 0.25) is 0 Å². The minimum Gasteiger partial charge on any atom is -0.490 e. The highest BCUT2D eigenvalue weighted by atomic mass is 32.2. The predicted octanol–water partition coefficient (Wildman–Crippen LogP) is 3.92. The van der Waals surface area contributed by atoms with Gasteiger partial charge in [0.1, 0.15) is 0 Å². The number of sulfonamides is 1. The molecule has 182 valence electrons. The molecule has 2 aromatic rings. The van der Waals surface area contributed by atoms with Gasteiger partial charge in [-0.15, -0.1) is 0 Å². The molecule has 0 spiro atoms. The third-order valence-corrected chi connectivity index (χ3v) is 9.07. The molecule has 0 radical (unpaired) electrons. The molecule has 0 aromatic heterocycles. The number of carbonyl (C=O) groups excluding carboxylic acids is 1. The summed E-state index contributed by atoms with van der Waals surface area (Å²) in [6.07, 6.45) is 3.84. The predicted molar refractivity (Wildman–Crippen MR) is 128 cm³/mol. The summed E-state index contributed by atoms with van der Waals surface area (Å²) in [6.45, 7) is 4.70. The molecule has 5 rings (SSSR count). The lowest BCUT2D eigenvalue weighted by Crippen LogP contribution is -2.44. The second-order valence-electron chi connectivity index (χ2n) is 9.44. The van der Waals surface area contributed by atoms with Gasteiger partial charge in [-0.1, -0.05) is 23.8 Å². The number of hydrogen-bond acceptors (Lipinski definition) is 5. The van der Waals surface area contributed by atoms with E-state index in [2.05, 4.69) is 0 Å². The van der Waals surface area contributed by atoms with Crippen molar-refractivity contribution in [3.05, 3.63) is 53.6 Å². The standard InChI is InChI=1S/C26H32N2O5S/c1-19-5-8-22(9-6-19)34(30,31)27-14-11-20(12-15-27)26(29)28-13-2-4-23(28)21-7-10-24-25(18-21)33-17-3-16-32-24/h5-10,18,20,23H,2-4,11-17H2,1H3/t23-/m1/s1. The van der Waals surface area contributed by atoms with Gasteiger partial charge in [0, 0.05) is 32.0 Å². The van der Waals surface area contributed by atoms with Crippen LogP contribution in [0.5, 0.6) is 11.5 Å². The summed E-state index contributed by atoms with van der Waals surface area (Å²) in [5.41, 5.74) is 2.10. The van der Waals surface area contributed by atoms with Crippen LogP contribution in [-0.2, 0) is 14.8 Å². The summed E-state index contributed by atoms with van der Waals surface area (Å²) in [5.74, 6) is 1.51. The van der Waals surface area contributed by atoms with Crippen molar-refractivity contribution in [1.29, 1.82) is 0 Å². The molecule has 0 aliphatic carbocycles. The topological polar surface area (TPSA) is 76.2 Å². The van der Waals surface area contributed by atoms with Crippen molar-refractivity contribution in [1.82, 2.24) is 9.21 Å². The fourth-order valence-electron chi connectivity index (χ4n) is 5.20. The lowest BCUT2D eigenvalue weighted by Gasteiger charge is -2.34. The van der Waals surface area contributed by atoms with Gasteiger partial charge in [-0.25, -0.2) is 8.42 Å². The molecule has 2 aromatic carbocycles. The molecule has 34 heavy (non-hydrogen) atoms. The first-order chi connectivity index (χ1) is 16.4.